The molecule has 2 nitrogen and oxygen atoms in total. The van der Waals surface area contributed by atoms with Crippen molar-refractivity contribution in [2.45, 2.75) is 40.0 Å². The fourth-order valence-corrected chi connectivity index (χ4v) is 1.61. The minimum Gasteiger partial charge on any atom is -0.315 e. The molecule has 2 heteroatoms. The molecule has 0 heterocycles. The molecular formula is C12H28N2. The topological polar surface area (TPSA) is 15.3 Å². The number of unbranched alkanes of at least 4 members (excludes halogenated alkanes) is 2. The van der Waals surface area contributed by atoms with Gasteiger partial charge in [-0.05, 0) is 25.9 Å². The Hall–Kier alpha value is -0.0800. The molecule has 86 valence electrons. The van der Waals surface area contributed by atoms with E-state index in [0.29, 0.717) is 0 Å². The van der Waals surface area contributed by atoms with Gasteiger partial charge in [-0.3, -0.25) is 0 Å². The van der Waals surface area contributed by atoms with Gasteiger partial charge in [0, 0.05) is 19.6 Å². The Kier molecular flexibility index (Phi) is 9.42. The van der Waals surface area contributed by atoms with Gasteiger partial charge in [-0.2, -0.15) is 0 Å². The van der Waals surface area contributed by atoms with Crippen LogP contribution in [0.2, 0.25) is 0 Å². The first-order valence-electron chi connectivity index (χ1n) is 6.06. The van der Waals surface area contributed by atoms with Crippen LogP contribution in [0.25, 0.3) is 0 Å². The summed E-state index contributed by atoms with van der Waals surface area (Å²) in [6.07, 6.45) is 3.99. The van der Waals surface area contributed by atoms with Crippen LogP contribution in [0.15, 0.2) is 0 Å². The Balaban J connectivity index is 3.10. The maximum atomic E-state index is 3.48. The Labute approximate surface area is 90.1 Å². The normalized spacial score (nSPS) is 11.6. The van der Waals surface area contributed by atoms with E-state index in [0.717, 1.165) is 12.5 Å². The van der Waals surface area contributed by atoms with Gasteiger partial charge in [0.25, 0.3) is 0 Å². The molecule has 14 heavy (non-hydrogen) atoms. The fraction of sp³-hybridized carbons (Fsp3) is 1.00. The average Bonchev–Trinajstić information content (AvgIpc) is 2.10. The second-order valence-electron chi connectivity index (χ2n) is 4.61. The largest absolute Gasteiger partial charge is 0.315 e. The van der Waals surface area contributed by atoms with Gasteiger partial charge in [0.2, 0.25) is 0 Å². The van der Waals surface area contributed by atoms with Gasteiger partial charge in [0.15, 0.2) is 0 Å². The highest BCUT2D eigenvalue weighted by Crippen LogP contribution is 1.94. The highest BCUT2D eigenvalue weighted by molar-refractivity contribution is 4.57. The summed E-state index contributed by atoms with van der Waals surface area (Å²) in [7, 11) is 2.20. The maximum absolute atomic E-state index is 3.48. The first-order valence-corrected chi connectivity index (χ1v) is 6.06. The first kappa shape index (κ1) is 13.9. The van der Waals surface area contributed by atoms with Gasteiger partial charge in [-0.15, -0.1) is 0 Å². The number of hydrogen-bond acceptors (Lipinski definition) is 2. The Morgan fingerprint density at radius 2 is 1.86 bits per heavy atom. The summed E-state index contributed by atoms with van der Waals surface area (Å²) in [6.45, 7) is 11.5. The molecule has 0 aromatic rings. The molecule has 0 aliphatic rings. The standard InChI is InChI=1S/C12H28N2/c1-5-6-7-8-13-9-10-14(4)11-12(2)3/h12-13H,5-11H2,1-4H3. The van der Waals surface area contributed by atoms with Crippen LogP contribution in [0.4, 0.5) is 0 Å². The molecule has 0 amide bonds. The number of rotatable bonds is 9. The molecule has 0 atom stereocenters. The zero-order valence-corrected chi connectivity index (χ0v) is 10.5. The third-order valence-electron chi connectivity index (χ3n) is 2.30. The second kappa shape index (κ2) is 9.47. The molecule has 0 aliphatic heterocycles. The van der Waals surface area contributed by atoms with Gasteiger partial charge in [-0.25, -0.2) is 0 Å². The lowest BCUT2D eigenvalue weighted by atomic mass is 10.2. The van der Waals surface area contributed by atoms with Crippen LogP contribution in [-0.4, -0.2) is 38.1 Å². The lowest BCUT2D eigenvalue weighted by Gasteiger charge is -2.18. The van der Waals surface area contributed by atoms with Crippen molar-refractivity contribution in [2.75, 3.05) is 33.2 Å². The fourth-order valence-electron chi connectivity index (χ4n) is 1.61. The molecule has 0 aromatic heterocycles. The van der Waals surface area contributed by atoms with Crippen molar-refractivity contribution in [3.63, 3.8) is 0 Å². The quantitative estimate of drug-likeness (QED) is 0.575. The average molecular weight is 200 g/mol. The van der Waals surface area contributed by atoms with Crippen LogP contribution >= 0.6 is 0 Å². The van der Waals surface area contributed by atoms with Crippen molar-refractivity contribution in [3.05, 3.63) is 0 Å². The van der Waals surface area contributed by atoms with Crippen LogP contribution in [-0.2, 0) is 0 Å². The Morgan fingerprint density at radius 1 is 1.14 bits per heavy atom. The third kappa shape index (κ3) is 10.0. The second-order valence-corrected chi connectivity index (χ2v) is 4.61. The van der Waals surface area contributed by atoms with Crippen LogP contribution in [0.1, 0.15) is 40.0 Å². The predicted molar refractivity (Wildman–Crippen MR) is 64.7 cm³/mol. The molecule has 0 fully saturated rings. The van der Waals surface area contributed by atoms with E-state index >= 15 is 0 Å². The van der Waals surface area contributed by atoms with Crippen molar-refractivity contribution in [3.8, 4) is 0 Å². The van der Waals surface area contributed by atoms with Gasteiger partial charge in [0.1, 0.15) is 0 Å². The highest BCUT2D eigenvalue weighted by Gasteiger charge is 2.00. The summed E-state index contributed by atoms with van der Waals surface area (Å²) in [6, 6.07) is 0. The summed E-state index contributed by atoms with van der Waals surface area (Å²) in [5.41, 5.74) is 0. The van der Waals surface area contributed by atoms with E-state index in [1.54, 1.807) is 0 Å². The van der Waals surface area contributed by atoms with E-state index in [4.69, 9.17) is 0 Å². The molecule has 0 rings (SSSR count). The molecular weight excluding hydrogens is 172 g/mol. The van der Waals surface area contributed by atoms with Crippen molar-refractivity contribution < 1.29 is 0 Å². The van der Waals surface area contributed by atoms with E-state index < -0.39 is 0 Å². The van der Waals surface area contributed by atoms with E-state index in [-0.39, 0.29) is 0 Å². The Morgan fingerprint density at radius 3 is 2.43 bits per heavy atom. The molecule has 0 aromatic carbocycles. The minimum absolute atomic E-state index is 0.778. The van der Waals surface area contributed by atoms with Crippen LogP contribution < -0.4 is 5.32 Å². The monoisotopic (exact) mass is 200 g/mol. The van der Waals surface area contributed by atoms with Crippen LogP contribution in [0, 0.1) is 5.92 Å². The Bertz CT molecular complexity index is 113. The zero-order chi connectivity index (χ0) is 10.8. The summed E-state index contributed by atoms with van der Waals surface area (Å²) in [5.74, 6) is 0.778. The molecule has 0 aliphatic carbocycles. The third-order valence-corrected chi connectivity index (χ3v) is 2.30. The lowest BCUT2D eigenvalue weighted by Crippen LogP contribution is -2.32. The van der Waals surface area contributed by atoms with Gasteiger partial charge in [-0.1, -0.05) is 33.6 Å². The van der Waals surface area contributed by atoms with E-state index in [1.807, 2.05) is 0 Å². The molecule has 0 unspecified atom stereocenters. The van der Waals surface area contributed by atoms with Crippen LogP contribution in [0.3, 0.4) is 0 Å². The molecule has 0 saturated heterocycles. The predicted octanol–water partition coefficient (Wildman–Crippen LogP) is 2.35. The smallest absolute Gasteiger partial charge is 0.0104 e. The summed E-state index contributed by atoms with van der Waals surface area (Å²) in [4.78, 5) is 2.40. The molecule has 0 saturated carbocycles. The summed E-state index contributed by atoms with van der Waals surface area (Å²) < 4.78 is 0. The maximum Gasteiger partial charge on any atom is 0.0104 e. The summed E-state index contributed by atoms with van der Waals surface area (Å²) in [5, 5.41) is 3.48. The summed E-state index contributed by atoms with van der Waals surface area (Å²) >= 11 is 0. The van der Waals surface area contributed by atoms with Crippen molar-refractivity contribution >= 4 is 0 Å². The minimum atomic E-state index is 0.778. The zero-order valence-electron chi connectivity index (χ0n) is 10.5. The number of nitrogens with one attached hydrogen (secondary N) is 1. The molecule has 0 spiro atoms. The number of hydrogen-bond donors (Lipinski definition) is 1. The van der Waals surface area contributed by atoms with Gasteiger partial charge >= 0.3 is 0 Å². The molecule has 0 radical (unpaired) electrons. The molecule has 0 bridgehead atoms. The number of nitrogens with zero attached hydrogens (tertiary/aromatic N) is 1. The van der Waals surface area contributed by atoms with Crippen molar-refractivity contribution in [2.24, 2.45) is 5.92 Å². The van der Waals surface area contributed by atoms with Crippen LogP contribution in [0.5, 0.6) is 0 Å². The lowest BCUT2D eigenvalue weighted by molar-refractivity contribution is 0.294. The first-order chi connectivity index (χ1) is 6.66. The SMILES string of the molecule is CCCCCNCCN(C)CC(C)C. The van der Waals surface area contributed by atoms with E-state index in [2.05, 4.69) is 38.0 Å². The van der Waals surface area contributed by atoms with Crippen molar-refractivity contribution in [1.29, 1.82) is 0 Å². The van der Waals surface area contributed by atoms with Gasteiger partial charge in [0.05, 0.1) is 0 Å². The van der Waals surface area contributed by atoms with E-state index in [9.17, 15) is 0 Å². The number of likely N-dealkylation sites (N-methyl/N-ethyl adjacent to an activating group) is 1. The van der Waals surface area contributed by atoms with Crippen molar-refractivity contribution in [1.82, 2.24) is 10.2 Å². The highest BCUT2D eigenvalue weighted by atomic mass is 15.1. The van der Waals surface area contributed by atoms with Gasteiger partial charge < -0.3 is 10.2 Å². The van der Waals surface area contributed by atoms with E-state index in [1.165, 1.54) is 38.9 Å². The molecule has 1 N–H and O–H groups in total.